The maximum absolute atomic E-state index is 14.8. The smallest absolute Gasteiger partial charge is 0.235 e. The number of primary amides is 1. The number of nitrogens with zero attached hydrogens (tertiary/aromatic N) is 4. The van der Waals surface area contributed by atoms with Crippen molar-refractivity contribution >= 4 is 23.5 Å². The second kappa shape index (κ2) is 9.34. The van der Waals surface area contributed by atoms with E-state index in [-0.39, 0.29) is 30.6 Å². The molecule has 7 nitrogen and oxygen atoms in total. The largest absolute Gasteiger partial charge is 0.368 e. The van der Waals surface area contributed by atoms with Gasteiger partial charge in [-0.1, -0.05) is 49.0 Å². The van der Waals surface area contributed by atoms with Crippen LogP contribution in [-0.2, 0) is 11.2 Å². The van der Waals surface area contributed by atoms with Gasteiger partial charge in [0.25, 0.3) is 0 Å². The van der Waals surface area contributed by atoms with Crippen molar-refractivity contribution < 1.29 is 9.18 Å². The van der Waals surface area contributed by atoms with Gasteiger partial charge in [0.1, 0.15) is 33.9 Å². The number of alkyl halides is 1. The first kappa shape index (κ1) is 22.5. The second-order valence-corrected chi connectivity index (χ2v) is 8.48. The number of pyridine rings is 1. The summed E-state index contributed by atoms with van der Waals surface area (Å²) >= 11 is 1.07. The number of carbonyl (C=O) groups is 1. The van der Waals surface area contributed by atoms with Crippen molar-refractivity contribution in [1.29, 1.82) is 10.5 Å². The van der Waals surface area contributed by atoms with E-state index in [1.165, 1.54) is 0 Å². The van der Waals surface area contributed by atoms with E-state index in [1.807, 2.05) is 13.0 Å². The van der Waals surface area contributed by atoms with Crippen molar-refractivity contribution in [1.82, 2.24) is 4.98 Å². The fourth-order valence-electron chi connectivity index (χ4n) is 3.71. The number of anilines is 1. The maximum Gasteiger partial charge on any atom is 0.235 e. The Morgan fingerprint density at radius 2 is 2.00 bits per heavy atom. The predicted octanol–water partition coefficient (Wildman–Crippen LogP) is 2.58. The normalized spacial score (nSPS) is 18.9. The first-order chi connectivity index (χ1) is 14.9. The molecule has 2 heterocycles. The summed E-state index contributed by atoms with van der Waals surface area (Å²) in [4.78, 5) is 18.5. The highest BCUT2D eigenvalue weighted by atomic mass is 32.2. The number of carbonyl (C=O) groups excluding carboxylic acids is 1. The van der Waals surface area contributed by atoms with Gasteiger partial charge in [0.15, 0.2) is 0 Å². The molecule has 1 aromatic carbocycles. The van der Waals surface area contributed by atoms with Crippen molar-refractivity contribution in [2.45, 2.75) is 35.7 Å². The minimum atomic E-state index is -1.55. The fourth-order valence-corrected chi connectivity index (χ4v) is 4.77. The molecule has 1 saturated heterocycles. The Hall–Kier alpha value is -3.14. The van der Waals surface area contributed by atoms with E-state index in [0.717, 1.165) is 11.8 Å². The van der Waals surface area contributed by atoms with Gasteiger partial charge >= 0.3 is 0 Å². The number of benzene rings is 1. The van der Waals surface area contributed by atoms with Gasteiger partial charge < -0.3 is 16.4 Å². The lowest BCUT2D eigenvalue weighted by Crippen LogP contribution is -2.36. The third kappa shape index (κ3) is 4.48. The molecule has 0 aliphatic carbocycles. The number of rotatable bonds is 7. The second-order valence-electron chi connectivity index (χ2n) is 7.38. The van der Waals surface area contributed by atoms with Gasteiger partial charge in [-0.3, -0.25) is 4.79 Å². The van der Waals surface area contributed by atoms with Crippen LogP contribution in [0.1, 0.15) is 40.8 Å². The number of nitriles is 2. The highest BCUT2D eigenvalue weighted by Gasteiger charge is 2.39. The summed E-state index contributed by atoms with van der Waals surface area (Å²) in [6.07, 6.45) is 0.640. The number of amides is 1. The summed E-state index contributed by atoms with van der Waals surface area (Å²) in [6, 6.07) is 13.2. The Balaban J connectivity index is 2.13. The van der Waals surface area contributed by atoms with Crippen LogP contribution in [0, 0.1) is 22.7 Å². The van der Waals surface area contributed by atoms with Crippen molar-refractivity contribution in [2.75, 3.05) is 24.5 Å². The van der Waals surface area contributed by atoms with Gasteiger partial charge in [0.2, 0.25) is 5.91 Å². The summed E-state index contributed by atoms with van der Waals surface area (Å²) in [7, 11) is 0. The van der Waals surface area contributed by atoms with Crippen molar-refractivity contribution in [3.8, 4) is 12.1 Å². The molecule has 1 fully saturated rings. The van der Waals surface area contributed by atoms with Gasteiger partial charge in [-0.15, -0.1) is 0 Å². The highest BCUT2D eigenvalue weighted by molar-refractivity contribution is 8.00. The molecule has 0 radical (unpaired) electrons. The van der Waals surface area contributed by atoms with E-state index >= 15 is 0 Å². The van der Waals surface area contributed by atoms with Crippen LogP contribution in [0.15, 0.2) is 35.4 Å². The lowest BCUT2D eigenvalue weighted by Gasteiger charge is -2.24. The zero-order valence-corrected chi connectivity index (χ0v) is 18.0. The Bertz CT molecular complexity index is 1060. The van der Waals surface area contributed by atoms with Crippen LogP contribution in [0.3, 0.4) is 0 Å². The van der Waals surface area contributed by atoms with Crippen LogP contribution < -0.4 is 16.4 Å². The standard InChI is InChI=1S/C22H23FN6OS/c1-2-15-16(10-24)20(29-9-8-22(23,12-26)13-29)28-21(17(15)11-25)31-18(19(27)30)14-6-4-3-5-7-14/h3-7,18H,2,8-9,12-13,26H2,1H3,(H2,27,30)/t18?,22-/m1/s1. The molecule has 2 atom stereocenters. The molecule has 3 rings (SSSR count). The zero-order chi connectivity index (χ0) is 22.6. The number of nitrogens with two attached hydrogens (primary N) is 2. The molecule has 2 aromatic rings. The Labute approximate surface area is 184 Å². The minimum Gasteiger partial charge on any atom is -0.368 e. The minimum absolute atomic E-state index is 0.0161. The van der Waals surface area contributed by atoms with E-state index in [1.54, 1.807) is 29.2 Å². The van der Waals surface area contributed by atoms with Crippen LogP contribution in [0.4, 0.5) is 10.2 Å². The maximum atomic E-state index is 14.8. The van der Waals surface area contributed by atoms with Gasteiger partial charge in [0.05, 0.1) is 17.7 Å². The quantitative estimate of drug-likeness (QED) is 0.635. The third-order valence-electron chi connectivity index (χ3n) is 5.39. The number of aromatic nitrogens is 1. The van der Waals surface area contributed by atoms with Crippen LogP contribution in [-0.4, -0.2) is 36.2 Å². The van der Waals surface area contributed by atoms with Gasteiger partial charge in [-0.25, -0.2) is 9.37 Å². The number of halogens is 1. The van der Waals surface area contributed by atoms with E-state index in [2.05, 4.69) is 17.1 Å². The zero-order valence-electron chi connectivity index (χ0n) is 17.1. The number of thioether (sulfide) groups is 1. The summed E-state index contributed by atoms with van der Waals surface area (Å²) in [5.74, 6) is -0.261. The van der Waals surface area contributed by atoms with Crippen molar-refractivity contribution in [3.63, 3.8) is 0 Å². The van der Waals surface area contributed by atoms with Crippen LogP contribution in [0.5, 0.6) is 0 Å². The summed E-state index contributed by atoms with van der Waals surface area (Å²) in [5.41, 5.74) is 11.4. The molecule has 1 unspecified atom stereocenters. The molecule has 1 amide bonds. The van der Waals surface area contributed by atoms with Crippen molar-refractivity contribution in [3.05, 3.63) is 52.6 Å². The van der Waals surface area contributed by atoms with Gasteiger partial charge in [0, 0.05) is 19.5 Å². The van der Waals surface area contributed by atoms with E-state index < -0.39 is 16.8 Å². The first-order valence-corrected chi connectivity index (χ1v) is 10.8. The monoisotopic (exact) mass is 438 g/mol. The molecular weight excluding hydrogens is 415 g/mol. The van der Waals surface area contributed by atoms with Gasteiger partial charge in [-0.05, 0) is 17.5 Å². The van der Waals surface area contributed by atoms with Crippen molar-refractivity contribution in [2.24, 2.45) is 11.5 Å². The summed E-state index contributed by atoms with van der Waals surface area (Å²) in [5, 5.41) is 19.2. The van der Waals surface area contributed by atoms with E-state index in [0.29, 0.717) is 34.9 Å². The molecule has 0 spiro atoms. The fraction of sp³-hybridized carbons (Fsp3) is 0.364. The molecule has 4 N–H and O–H groups in total. The summed E-state index contributed by atoms with van der Waals surface area (Å²) in [6.45, 7) is 2.08. The lowest BCUT2D eigenvalue weighted by molar-refractivity contribution is -0.117. The third-order valence-corrected chi connectivity index (χ3v) is 6.64. The highest BCUT2D eigenvalue weighted by Crippen LogP contribution is 2.40. The molecule has 0 saturated carbocycles. The molecular formula is C22H23FN6OS. The Morgan fingerprint density at radius 1 is 1.32 bits per heavy atom. The van der Waals surface area contributed by atoms with Crippen LogP contribution >= 0.6 is 11.8 Å². The molecule has 1 aliphatic rings. The average Bonchev–Trinajstić information content (AvgIpc) is 3.19. The first-order valence-electron chi connectivity index (χ1n) is 9.89. The van der Waals surface area contributed by atoms with Crippen LogP contribution in [0.2, 0.25) is 0 Å². The average molecular weight is 439 g/mol. The molecule has 9 heteroatoms. The summed E-state index contributed by atoms with van der Waals surface area (Å²) < 4.78 is 14.8. The molecule has 1 aromatic heterocycles. The van der Waals surface area contributed by atoms with E-state index in [4.69, 9.17) is 11.5 Å². The number of hydrogen-bond acceptors (Lipinski definition) is 7. The molecule has 160 valence electrons. The SMILES string of the molecule is CCc1c(C#N)c(SC(C(N)=O)c2ccccc2)nc(N2CC[C@@](F)(CN)C2)c1C#N. The lowest BCUT2D eigenvalue weighted by atomic mass is 10.0. The predicted molar refractivity (Wildman–Crippen MR) is 117 cm³/mol. The van der Waals surface area contributed by atoms with E-state index in [9.17, 15) is 19.7 Å². The number of hydrogen-bond donors (Lipinski definition) is 2. The topological polar surface area (TPSA) is 133 Å². The Morgan fingerprint density at radius 3 is 2.52 bits per heavy atom. The van der Waals surface area contributed by atoms with Crippen LogP contribution in [0.25, 0.3) is 0 Å². The Kier molecular flexibility index (Phi) is 6.79. The molecule has 0 bridgehead atoms. The molecule has 1 aliphatic heterocycles. The molecule has 31 heavy (non-hydrogen) atoms. The van der Waals surface area contributed by atoms with Gasteiger partial charge in [-0.2, -0.15) is 10.5 Å².